The first-order chi connectivity index (χ1) is 17.8. The molecular formula is C21H24FN6O6S3+. The van der Waals surface area contributed by atoms with Gasteiger partial charge in [0.25, 0.3) is 11.8 Å². The molecule has 0 saturated carbocycles. The monoisotopic (exact) mass is 571 g/mol. The number of carbonyl (C=O) groups excluding carboxylic acids is 2. The number of aliphatic carboxylic acids is 1. The van der Waals surface area contributed by atoms with E-state index in [-0.39, 0.29) is 42.0 Å². The molecule has 0 unspecified atom stereocenters. The fourth-order valence-corrected chi connectivity index (χ4v) is 6.78. The highest BCUT2D eigenvalue weighted by Crippen LogP contribution is 2.40. The summed E-state index contributed by atoms with van der Waals surface area (Å²) in [6.07, 6.45) is 0.509. The smallest absolute Gasteiger partial charge is 0.352 e. The summed E-state index contributed by atoms with van der Waals surface area (Å²) < 4.78 is 14.3. The Kier molecular flexibility index (Phi) is 8.41. The van der Waals surface area contributed by atoms with E-state index in [0.29, 0.717) is 17.7 Å². The number of amides is 2. The van der Waals surface area contributed by atoms with Crippen LogP contribution in [-0.4, -0.2) is 80.6 Å². The van der Waals surface area contributed by atoms with Crippen LogP contribution in [0.25, 0.3) is 0 Å². The number of β-lactam (4-membered cyclic amide) rings is 1. The van der Waals surface area contributed by atoms with E-state index >= 15 is 0 Å². The molecule has 12 nitrogen and oxygen atoms in total. The molecule has 0 aromatic carbocycles. The zero-order valence-corrected chi connectivity index (χ0v) is 22.0. The number of nitrogens with one attached hydrogen (secondary N) is 1. The van der Waals surface area contributed by atoms with Crippen LogP contribution in [0.2, 0.25) is 0 Å². The molecule has 2 aromatic heterocycles. The Balaban J connectivity index is 1.52. The maximum absolute atomic E-state index is 13.0. The third-order valence-electron chi connectivity index (χ3n) is 5.70. The summed E-state index contributed by atoms with van der Waals surface area (Å²) in [6, 6.07) is -0.998. The van der Waals surface area contributed by atoms with Gasteiger partial charge in [0.05, 0.1) is 4.88 Å². The standard InChI is InChI=1S/C21H23FN6O6S3/c1-10-13(2-4-29)37-9-27(10)6-11-7-35-19-15(18(31)28(19)16(11)20(32)33)25-17(30)14(26-34-5-3-22)12-8-36-21(23)24-12/h8-9,15,19,29H,2-7H2,1H3,(H3-,23,24,25,30,32,33)/p+1/b26-14-/t15-,19-/m1/s1. The van der Waals surface area contributed by atoms with E-state index in [2.05, 4.69) is 15.5 Å². The van der Waals surface area contributed by atoms with Gasteiger partial charge in [0.2, 0.25) is 5.51 Å². The Morgan fingerprint density at radius 3 is 2.86 bits per heavy atom. The zero-order valence-electron chi connectivity index (χ0n) is 19.5. The largest absolute Gasteiger partial charge is 0.477 e. The third-order valence-corrected chi connectivity index (χ3v) is 8.85. The number of carboxylic acids is 1. The number of carbonyl (C=O) groups is 3. The number of nitrogen functional groups attached to an aromatic ring is 1. The van der Waals surface area contributed by atoms with Crippen molar-refractivity contribution >= 4 is 63.1 Å². The number of aromatic nitrogens is 2. The van der Waals surface area contributed by atoms with Crippen LogP contribution in [0, 0.1) is 6.92 Å². The summed E-state index contributed by atoms with van der Waals surface area (Å²) in [5, 5.41) is 26.4. The number of alkyl halides is 1. The fourth-order valence-electron chi connectivity index (χ4n) is 3.91. The molecule has 2 amide bonds. The molecule has 0 spiro atoms. The summed E-state index contributed by atoms with van der Waals surface area (Å²) >= 11 is 3.88. The van der Waals surface area contributed by atoms with Gasteiger partial charge in [0.15, 0.2) is 23.1 Å². The maximum atomic E-state index is 13.0. The number of anilines is 1. The second kappa shape index (κ2) is 11.5. The van der Waals surface area contributed by atoms with Crippen molar-refractivity contribution in [2.75, 3.05) is 31.4 Å². The predicted octanol–water partition coefficient (Wildman–Crippen LogP) is 0.0465. The van der Waals surface area contributed by atoms with Gasteiger partial charge < -0.3 is 26.1 Å². The predicted molar refractivity (Wildman–Crippen MR) is 135 cm³/mol. The lowest BCUT2D eigenvalue weighted by Gasteiger charge is -2.49. The van der Waals surface area contributed by atoms with Crippen LogP contribution in [0.1, 0.15) is 16.3 Å². The van der Waals surface area contributed by atoms with Crippen LogP contribution in [-0.2, 0) is 32.2 Å². The Morgan fingerprint density at radius 2 is 2.22 bits per heavy atom. The number of aliphatic hydroxyl groups is 1. The van der Waals surface area contributed by atoms with Gasteiger partial charge in [-0.1, -0.05) is 16.5 Å². The van der Waals surface area contributed by atoms with E-state index in [1.165, 1.54) is 33.4 Å². The van der Waals surface area contributed by atoms with Gasteiger partial charge in [0, 0.05) is 36.7 Å². The number of thiazole rings is 2. The van der Waals surface area contributed by atoms with E-state index in [1.54, 1.807) is 0 Å². The van der Waals surface area contributed by atoms with Crippen molar-refractivity contribution in [1.82, 2.24) is 15.2 Å². The number of thioether (sulfide) groups is 1. The molecule has 2 aliphatic rings. The minimum absolute atomic E-state index is 0.0155. The topological polar surface area (TPSA) is 171 Å². The average molecular weight is 572 g/mol. The number of hydrogen-bond acceptors (Lipinski definition) is 11. The molecule has 0 radical (unpaired) electrons. The molecule has 2 aromatic rings. The number of carboxylic acid groups (broad SMARTS) is 1. The summed E-state index contributed by atoms with van der Waals surface area (Å²) in [4.78, 5) is 49.2. The Morgan fingerprint density at radius 1 is 1.43 bits per heavy atom. The molecule has 0 bridgehead atoms. The van der Waals surface area contributed by atoms with Crippen molar-refractivity contribution in [3.8, 4) is 0 Å². The lowest BCUT2D eigenvalue weighted by atomic mass is 10.0. The van der Waals surface area contributed by atoms with Gasteiger partial charge in [-0.3, -0.25) is 14.5 Å². The van der Waals surface area contributed by atoms with Crippen LogP contribution >= 0.6 is 34.4 Å². The number of halogens is 1. The zero-order chi connectivity index (χ0) is 26.7. The SMILES string of the molecule is Cc1c(CCO)sc[n+]1CC1=C(C(=O)O)N2C(=O)[C@@H](NC(=O)/C(=N\OCCF)c3csc(N)n3)[C@H]2SC1. The van der Waals surface area contributed by atoms with E-state index in [4.69, 9.17) is 10.6 Å². The van der Waals surface area contributed by atoms with Gasteiger partial charge in [-0.05, 0) is 0 Å². The number of rotatable bonds is 11. The summed E-state index contributed by atoms with van der Waals surface area (Å²) in [7, 11) is 0. The van der Waals surface area contributed by atoms with Gasteiger partial charge >= 0.3 is 5.97 Å². The molecule has 37 heavy (non-hydrogen) atoms. The molecule has 2 atom stereocenters. The molecule has 16 heteroatoms. The van der Waals surface area contributed by atoms with Crippen molar-refractivity contribution in [1.29, 1.82) is 0 Å². The van der Waals surface area contributed by atoms with E-state index in [1.807, 2.05) is 17.0 Å². The minimum Gasteiger partial charge on any atom is -0.477 e. The molecular weight excluding hydrogens is 547 g/mol. The number of fused-ring (bicyclic) bond motifs is 1. The van der Waals surface area contributed by atoms with Gasteiger partial charge in [-0.25, -0.2) is 14.2 Å². The third kappa shape index (κ3) is 5.46. The second-order valence-corrected chi connectivity index (χ2v) is 10.9. The van der Waals surface area contributed by atoms with Crippen LogP contribution in [0.5, 0.6) is 0 Å². The molecule has 0 aliphatic carbocycles. The number of nitrogens with two attached hydrogens (primary N) is 1. The number of oxime groups is 1. The average Bonchev–Trinajstić information content (AvgIpc) is 3.45. The molecule has 4 rings (SSSR count). The lowest BCUT2D eigenvalue weighted by Crippen LogP contribution is -2.71. The molecule has 1 saturated heterocycles. The molecule has 4 heterocycles. The Labute approximate surface area is 222 Å². The highest BCUT2D eigenvalue weighted by atomic mass is 32.2. The first kappa shape index (κ1) is 27.0. The summed E-state index contributed by atoms with van der Waals surface area (Å²) in [6.45, 7) is 1.01. The first-order valence-corrected chi connectivity index (χ1v) is 13.8. The first-order valence-electron chi connectivity index (χ1n) is 11.0. The number of nitrogens with zero attached hydrogens (tertiary/aromatic N) is 4. The Bertz CT molecular complexity index is 1280. The van der Waals surface area contributed by atoms with Crippen molar-refractivity contribution in [2.24, 2.45) is 5.16 Å². The number of aliphatic hydroxyl groups excluding tert-OH is 1. The molecule has 1 fully saturated rings. The van der Waals surface area contributed by atoms with Crippen molar-refractivity contribution in [3.05, 3.63) is 38.4 Å². The highest BCUT2D eigenvalue weighted by molar-refractivity contribution is 8.00. The normalized spacial score (nSPS) is 19.5. The van der Waals surface area contributed by atoms with Crippen LogP contribution in [0.4, 0.5) is 9.52 Å². The molecule has 5 N–H and O–H groups in total. The maximum Gasteiger partial charge on any atom is 0.352 e. The van der Waals surface area contributed by atoms with Gasteiger partial charge in [0.1, 0.15) is 36.1 Å². The van der Waals surface area contributed by atoms with Crippen LogP contribution < -0.4 is 15.6 Å². The van der Waals surface area contributed by atoms with E-state index < -0.39 is 35.9 Å². The quantitative estimate of drug-likeness (QED) is 0.0956. The lowest BCUT2D eigenvalue weighted by molar-refractivity contribution is -0.690. The molecule has 198 valence electrons. The van der Waals surface area contributed by atoms with E-state index in [0.717, 1.165) is 21.9 Å². The Hall–Kier alpha value is -3.08. The fraction of sp³-hybridized carbons (Fsp3) is 0.429. The minimum atomic E-state index is -1.23. The second-order valence-electron chi connectivity index (χ2n) is 7.98. The van der Waals surface area contributed by atoms with Gasteiger partial charge in [-0.2, -0.15) is 4.57 Å². The van der Waals surface area contributed by atoms with Crippen LogP contribution in [0.3, 0.4) is 0 Å². The summed E-state index contributed by atoms with van der Waals surface area (Å²) in [5.41, 5.74) is 8.72. The van der Waals surface area contributed by atoms with Crippen molar-refractivity contribution in [3.63, 3.8) is 0 Å². The van der Waals surface area contributed by atoms with Crippen molar-refractivity contribution < 1.29 is 38.4 Å². The van der Waals surface area contributed by atoms with Crippen molar-refractivity contribution in [2.45, 2.75) is 31.3 Å². The molecule has 2 aliphatic heterocycles. The summed E-state index contributed by atoms with van der Waals surface area (Å²) in [5.74, 6) is -2.25. The van der Waals surface area contributed by atoms with E-state index in [9.17, 15) is 29.0 Å². The number of hydrogen-bond donors (Lipinski definition) is 4. The van der Waals surface area contributed by atoms with Gasteiger partial charge in [-0.15, -0.1) is 23.1 Å². The van der Waals surface area contributed by atoms with Crippen LogP contribution in [0.15, 0.2) is 27.3 Å². The highest BCUT2D eigenvalue weighted by Gasteiger charge is 2.55.